The van der Waals surface area contributed by atoms with E-state index >= 15 is 0 Å². The Bertz CT molecular complexity index is 713. The van der Waals surface area contributed by atoms with Crippen LogP contribution >= 0.6 is 0 Å². The number of hydrogen-bond acceptors (Lipinski definition) is 4. The van der Waals surface area contributed by atoms with Crippen molar-refractivity contribution in [3.8, 4) is 0 Å². The Kier molecular flexibility index (Phi) is 2.30. The van der Waals surface area contributed by atoms with E-state index in [4.69, 9.17) is 0 Å². The first kappa shape index (κ1) is 10.5. The molecule has 7 heteroatoms. The van der Waals surface area contributed by atoms with Gasteiger partial charge in [-0.15, -0.1) is 5.10 Å². The number of hydrogen-bond donors (Lipinski definition) is 3. The van der Waals surface area contributed by atoms with E-state index in [1.807, 2.05) is 12.1 Å². The van der Waals surface area contributed by atoms with Gasteiger partial charge in [0.15, 0.2) is 0 Å². The van der Waals surface area contributed by atoms with Gasteiger partial charge >= 0.3 is 0 Å². The number of carbonyl (C=O) groups is 1. The summed E-state index contributed by atoms with van der Waals surface area (Å²) in [6, 6.07) is 5.52. The minimum Gasteiger partial charge on any atom is -0.319 e. The maximum absolute atomic E-state index is 11.9. The van der Waals surface area contributed by atoms with Gasteiger partial charge < -0.3 is 5.32 Å². The van der Waals surface area contributed by atoms with Gasteiger partial charge in [-0.3, -0.25) is 15.0 Å². The largest absolute Gasteiger partial charge is 0.319 e. The van der Waals surface area contributed by atoms with Crippen molar-refractivity contribution >= 4 is 22.5 Å². The summed E-state index contributed by atoms with van der Waals surface area (Å²) in [4.78, 5) is 15.9. The molecule has 7 nitrogen and oxygen atoms in total. The van der Waals surface area contributed by atoms with E-state index in [0.29, 0.717) is 11.5 Å². The number of carbonyl (C=O) groups excluding carboxylic acids is 1. The van der Waals surface area contributed by atoms with Gasteiger partial charge in [-0.2, -0.15) is 5.10 Å². The van der Waals surface area contributed by atoms with Crippen LogP contribution in [0.2, 0.25) is 0 Å². The van der Waals surface area contributed by atoms with E-state index in [1.54, 1.807) is 19.2 Å². The average molecular weight is 242 g/mol. The molecular weight excluding hydrogens is 232 g/mol. The van der Waals surface area contributed by atoms with E-state index < -0.39 is 0 Å². The van der Waals surface area contributed by atoms with Crippen LogP contribution in [0.4, 0.5) is 5.69 Å². The number of benzene rings is 1. The van der Waals surface area contributed by atoms with Crippen LogP contribution in [-0.2, 0) is 0 Å². The molecule has 0 saturated heterocycles. The van der Waals surface area contributed by atoms with Crippen molar-refractivity contribution in [1.82, 2.24) is 25.4 Å². The van der Waals surface area contributed by atoms with Crippen LogP contribution < -0.4 is 5.32 Å². The van der Waals surface area contributed by atoms with Crippen molar-refractivity contribution in [2.24, 2.45) is 0 Å². The van der Waals surface area contributed by atoms with Crippen molar-refractivity contribution < 1.29 is 4.79 Å². The van der Waals surface area contributed by atoms with Crippen molar-refractivity contribution in [1.29, 1.82) is 0 Å². The molecule has 1 amide bonds. The fraction of sp³-hybridized carbons (Fsp3) is 0.0909. The zero-order valence-corrected chi connectivity index (χ0v) is 9.56. The van der Waals surface area contributed by atoms with Crippen LogP contribution in [0.3, 0.4) is 0 Å². The number of rotatable bonds is 2. The smallest absolute Gasteiger partial charge is 0.295 e. The number of aromatic amines is 2. The molecule has 0 fully saturated rings. The van der Waals surface area contributed by atoms with Crippen molar-refractivity contribution in [2.45, 2.75) is 6.92 Å². The second kappa shape index (κ2) is 3.95. The number of aryl methyl sites for hydroxylation is 1. The fourth-order valence-corrected chi connectivity index (χ4v) is 1.70. The maximum Gasteiger partial charge on any atom is 0.295 e. The Labute approximate surface area is 102 Å². The highest BCUT2D eigenvalue weighted by Crippen LogP contribution is 2.21. The first-order chi connectivity index (χ1) is 8.74. The van der Waals surface area contributed by atoms with E-state index in [-0.39, 0.29) is 11.7 Å². The molecule has 3 aromatic rings. The number of fused-ring (bicyclic) bond motifs is 1. The van der Waals surface area contributed by atoms with Gasteiger partial charge in [0, 0.05) is 5.39 Å². The van der Waals surface area contributed by atoms with Crippen LogP contribution in [0.1, 0.15) is 16.4 Å². The second-order valence-electron chi connectivity index (χ2n) is 3.84. The molecule has 2 heterocycles. The van der Waals surface area contributed by atoms with Gasteiger partial charge in [0.1, 0.15) is 5.82 Å². The van der Waals surface area contributed by atoms with Gasteiger partial charge in [0.2, 0.25) is 5.82 Å². The molecule has 18 heavy (non-hydrogen) atoms. The normalized spacial score (nSPS) is 10.7. The number of anilines is 1. The topological polar surface area (TPSA) is 99.3 Å². The molecule has 0 atom stereocenters. The number of amides is 1. The third-order valence-corrected chi connectivity index (χ3v) is 2.53. The molecule has 90 valence electrons. The van der Waals surface area contributed by atoms with E-state index in [9.17, 15) is 4.79 Å². The van der Waals surface area contributed by atoms with Gasteiger partial charge in [-0.25, -0.2) is 4.98 Å². The molecule has 2 aromatic heterocycles. The highest BCUT2D eigenvalue weighted by molar-refractivity contribution is 6.06. The van der Waals surface area contributed by atoms with Gasteiger partial charge in [-0.1, -0.05) is 6.07 Å². The number of H-pyrrole nitrogens is 2. The zero-order valence-electron chi connectivity index (χ0n) is 9.56. The monoisotopic (exact) mass is 242 g/mol. The Balaban J connectivity index is 1.92. The summed E-state index contributed by atoms with van der Waals surface area (Å²) >= 11 is 0. The lowest BCUT2D eigenvalue weighted by molar-refractivity contribution is 0.101. The molecule has 0 aliphatic carbocycles. The predicted molar refractivity (Wildman–Crippen MR) is 65.2 cm³/mol. The number of aromatic nitrogens is 5. The van der Waals surface area contributed by atoms with Gasteiger partial charge in [-0.05, 0) is 19.1 Å². The SMILES string of the molecule is Cc1nc(C(=O)Nc2cccc3[nH]ncc23)n[nH]1. The number of nitrogens with one attached hydrogen (secondary N) is 3. The maximum atomic E-state index is 11.9. The third-order valence-electron chi connectivity index (χ3n) is 2.53. The first-order valence-corrected chi connectivity index (χ1v) is 5.36. The molecule has 0 saturated carbocycles. The standard InChI is InChI=1S/C11H10N6O/c1-6-13-10(17-15-6)11(18)14-8-3-2-4-9-7(8)5-12-16-9/h2-5H,1H3,(H,12,16)(H,14,18)(H,13,15,17). The Morgan fingerprint density at radius 3 is 3.00 bits per heavy atom. The van der Waals surface area contributed by atoms with Gasteiger partial charge in [0.05, 0.1) is 17.4 Å². The van der Waals surface area contributed by atoms with Crippen LogP contribution in [0.15, 0.2) is 24.4 Å². The van der Waals surface area contributed by atoms with Crippen LogP contribution in [0.25, 0.3) is 10.9 Å². The van der Waals surface area contributed by atoms with Crippen LogP contribution in [0, 0.1) is 6.92 Å². The van der Waals surface area contributed by atoms with Crippen molar-refractivity contribution in [3.63, 3.8) is 0 Å². The van der Waals surface area contributed by atoms with E-state index in [0.717, 1.165) is 10.9 Å². The molecule has 1 aromatic carbocycles. The molecular formula is C11H10N6O. The highest BCUT2D eigenvalue weighted by Gasteiger charge is 2.13. The minimum absolute atomic E-state index is 0.119. The zero-order chi connectivity index (χ0) is 12.5. The third kappa shape index (κ3) is 1.71. The molecule has 0 spiro atoms. The summed E-state index contributed by atoms with van der Waals surface area (Å²) in [5.74, 6) is 0.364. The Hall–Kier alpha value is -2.70. The molecule has 0 aliphatic rings. The highest BCUT2D eigenvalue weighted by atomic mass is 16.2. The fourth-order valence-electron chi connectivity index (χ4n) is 1.70. The average Bonchev–Trinajstić information content (AvgIpc) is 2.97. The van der Waals surface area contributed by atoms with Gasteiger partial charge in [0.25, 0.3) is 5.91 Å². The Morgan fingerprint density at radius 1 is 1.33 bits per heavy atom. The second-order valence-corrected chi connectivity index (χ2v) is 3.84. The molecule has 0 bridgehead atoms. The molecule has 0 radical (unpaired) electrons. The molecule has 3 rings (SSSR count). The van der Waals surface area contributed by atoms with E-state index in [1.165, 1.54) is 0 Å². The summed E-state index contributed by atoms with van der Waals surface area (Å²) in [5, 5.41) is 16.8. The minimum atomic E-state index is -0.354. The predicted octanol–water partition coefficient (Wildman–Crippen LogP) is 1.24. The summed E-state index contributed by atoms with van der Waals surface area (Å²) in [7, 11) is 0. The van der Waals surface area contributed by atoms with Crippen LogP contribution in [-0.4, -0.2) is 31.3 Å². The lowest BCUT2D eigenvalue weighted by Crippen LogP contribution is -2.13. The summed E-state index contributed by atoms with van der Waals surface area (Å²) < 4.78 is 0. The van der Waals surface area contributed by atoms with E-state index in [2.05, 4.69) is 30.7 Å². The van der Waals surface area contributed by atoms with Crippen molar-refractivity contribution in [2.75, 3.05) is 5.32 Å². The summed E-state index contributed by atoms with van der Waals surface area (Å²) in [6.45, 7) is 1.74. The molecule has 0 aliphatic heterocycles. The lowest BCUT2D eigenvalue weighted by Gasteiger charge is -2.03. The number of nitrogens with zero attached hydrogens (tertiary/aromatic N) is 3. The van der Waals surface area contributed by atoms with Crippen molar-refractivity contribution in [3.05, 3.63) is 36.0 Å². The lowest BCUT2D eigenvalue weighted by atomic mass is 10.2. The Morgan fingerprint density at radius 2 is 2.22 bits per heavy atom. The first-order valence-electron chi connectivity index (χ1n) is 5.36. The van der Waals surface area contributed by atoms with Crippen LogP contribution in [0.5, 0.6) is 0 Å². The molecule has 3 N–H and O–H groups in total. The summed E-state index contributed by atoms with van der Waals surface area (Å²) in [5.41, 5.74) is 1.53. The molecule has 0 unspecified atom stereocenters. The quantitative estimate of drug-likeness (QED) is 0.629. The summed E-state index contributed by atoms with van der Waals surface area (Å²) in [6.07, 6.45) is 1.66.